The Labute approximate surface area is 175 Å². The summed E-state index contributed by atoms with van der Waals surface area (Å²) < 4.78 is 5.65. The van der Waals surface area contributed by atoms with Crippen LogP contribution in [0.25, 0.3) is 10.9 Å². The van der Waals surface area contributed by atoms with E-state index < -0.39 is 6.10 Å². The highest BCUT2D eigenvalue weighted by Crippen LogP contribution is 2.25. The third-order valence-corrected chi connectivity index (χ3v) is 5.66. The average molecular weight is 403 g/mol. The summed E-state index contributed by atoms with van der Waals surface area (Å²) in [6, 6.07) is 17.1. The van der Waals surface area contributed by atoms with Crippen molar-refractivity contribution in [2.24, 2.45) is 11.7 Å². The molecule has 0 bridgehead atoms. The first-order valence-electron chi connectivity index (χ1n) is 10.2. The van der Waals surface area contributed by atoms with Crippen LogP contribution in [-0.4, -0.2) is 29.9 Å². The molecule has 0 unspecified atom stereocenters. The van der Waals surface area contributed by atoms with Crippen molar-refractivity contribution in [1.82, 2.24) is 4.98 Å². The molecule has 6 nitrogen and oxygen atoms in total. The summed E-state index contributed by atoms with van der Waals surface area (Å²) in [6.45, 7) is 3.33. The molecule has 1 saturated heterocycles. The molecule has 2 N–H and O–H groups in total. The molecule has 30 heavy (non-hydrogen) atoms. The Balaban J connectivity index is 1.42. The summed E-state index contributed by atoms with van der Waals surface area (Å²) in [7, 11) is 0. The normalized spacial score (nSPS) is 17.5. The topological polar surface area (TPSA) is 85.5 Å². The van der Waals surface area contributed by atoms with E-state index in [2.05, 4.69) is 9.88 Å². The number of pyridine rings is 1. The number of fused-ring (bicyclic) bond motifs is 1. The maximum absolute atomic E-state index is 12.6. The minimum absolute atomic E-state index is 0.125. The van der Waals surface area contributed by atoms with Crippen LogP contribution in [0.15, 0.2) is 60.8 Å². The zero-order valence-corrected chi connectivity index (χ0v) is 17.0. The standard InChI is InChI=1S/C24H25N3O3/c1-16(20-13-18-5-2-3-7-22(18)26-14-20)30-24(29)17-8-10-21(11-9-17)27-12-4-6-19(15-27)23(25)28/h2-3,5,7-11,13-14,16,19H,4,6,12,15H2,1H3,(H2,25,28)/t16-,19-/m1/s1. The highest BCUT2D eigenvalue weighted by atomic mass is 16.5. The Morgan fingerprint density at radius 3 is 2.70 bits per heavy atom. The summed E-state index contributed by atoms with van der Waals surface area (Å²) in [4.78, 5) is 30.7. The van der Waals surface area contributed by atoms with Crippen LogP contribution >= 0.6 is 0 Å². The number of primary amides is 1. The Kier molecular flexibility index (Phi) is 5.65. The zero-order valence-electron chi connectivity index (χ0n) is 17.0. The summed E-state index contributed by atoms with van der Waals surface area (Å²) in [5, 5.41) is 1.01. The van der Waals surface area contributed by atoms with Gasteiger partial charge in [-0.3, -0.25) is 9.78 Å². The molecular formula is C24H25N3O3. The van der Waals surface area contributed by atoms with Gasteiger partial charge in [-0.25, -0.2) is 4.79 Å². The van der Waals surface area contributed by atoms with Crippen LogP contribution in [0.4, 0.5) is 5.69 Å². The van der Waals surface area contributed by atoms with Crippen LogP contribution in [0.5, 0.6) is 0 Å². The van der Waals surface area contributed by atoms with Gasteiger partial charge < -0.3 is 15.4 Å². The van der Waals surface area contributed by atoms with Gasteiger partial charge in [-0.2, -0.15) is 0 Å². The fraction of sp³-hybridized carbons (Fsp3) is 0.292. The molecule has 0 spiro atoms. The van der Waals surface area contributed by atoms with Crippen molar-refractivity contribution in [2.75, 3.05) is 18.0 Å². The number of amides is 1. The van der Waals surface area contributed by atoms with Crippen molar-refractivity contribution in [3.05, 3.63) is 71.9 Å². The molecule has 2 heterocycles. The van der Waals surface area contributed by atoms with E-state index in [1.807, 2.05) is 49.4 Å². The number of anilines is 1. The first-order valence-corrected chi connectivity index (χ1v) is 10.2. The number of hydrogen-bond acceptors (Lipinski definition) is 5. The molecule has 1 aromatic heterocycles. The molecule has 4 rings (SSSR count). The van der Waals surface area contributed by atoms with Gasteiger partial charge in [0.05, 0.1) is 17.0 Å². The number of rotatable bonds is 5. The SMILES string of the molecule is C[C@@H](OC(=O)c1ccc(N2CCC[C@@H](C(N)=O)C2)cc1)c1cnc2ccccc2c1. The Morgan fingerprint density at radius 1 is 1.17 bits per heavy atom. The van der Waals surface area contributed by atoms with Gasteiger partial charge in [0.1, 0.15) is 6.10 Å². The van der Waals surface area contributed by atoms with E-state index in [1.165, 1.54) is 0 Å². The van der Waals surface area contributed by atoms with Crippen LogP contribution in [0.1, 0.15) is 41.8 Å². The van der Waals surface area contributed by atoms with E-state index in [-0.39, 0.29) is 17.8 Å². The van der Waals surface area contributed by atoms with Crippen molar-refractivity contribution in [3.63, 3.8) is 0 Å². The van der Waals surface area contributed by atoms with Gasteiger partial charge in [0.15, 0.2) is 0 Å². The molecular weight excluding hydrogens is 378 g/mol. The first kappa shape index (κ1) is 19.9. The number of hydrogen-bond donors (Lipinski definition) is 1. The third-order valence-electron chi connectivity index (χ3n) is 5.66. The molecule has 0 radical (unpaired) electrons. The van der Waals surface area contributed by atoms with E-state index in [0.29, 0.717) is 12.1 Å². The van der Waals surface area contributed by atoms with E-state index in [4.69, 9.17) is 10.5 Å². The molecule has 1 amide bonds. The molecule has 6 heteroatoms. The number of aromatic nitrogens is 1. The first-order chi connectivity index (χ1) is 14.5. The number of esters is 1. The summed E-state index contributed by atoms with van der Waals surface area (Å²) >= 11 is 0. The summed E-state index contributed by atoms with van der Waals surface area (Å²) in [5.74, 6) is -0.757. The number of carbonyl (C=O) groups excluding carboxylic acids is 2. The number of para-hydroxylation sites is 1. The predicted molar refractivity (Wildman–Crippen MR) is 116 cm³/mol. The molecule has 2 atom stereocenters. The van der Waals surface area contributed by atoms with Crippen molar-refractivity contribution in [1.29, 1.82) is 0 Å². The van der Waals surface area contributed by atoms with Crippen LogP contribution < -0.4 is 10.6 Å². The second-order valence-corrected chi connectivity index (χ2v) is 7.74. The van der Waals surface area contributed by atoms with Gasteiger partial charge in [0, 0.05) is 35.9 Å². The molecule has 154 valence electrons. The second kappa shape index (κ2) is 8.53. The number of piperidine rings is 1. The molecule has 1 aliphatic rings. The van der Waals surface area contributed by atoms with Crippen molar-refractivity contribution < 1.29 is 14.3 Å². The number of ether oxygens (including phenoxy) is 1. The van der Waals surface area contributed by atoms with E-state index in [0.717, 1.165) is 41.5 Å². The minimum atomic E-state index is -0.410. The molecule has 0 aliphatic carbocycles. The van der Waals surface area contributed by atoms with E-state index in [9.17, 15) is 9.59 Å². The number of benzene rings is 2. The maximum atomic E-state index is 12.6. The Bertz CT molecular complexity index is 1060. The summed E-state index contributed by atoms with van der Waals surface area (Å²) in [5.41, 5.74) is 8.69. The second-order valence-electron chi connectivity index (χ2n) is 7.74. The lowest BCUT2D eigenvalue weighted by Gasteiger charge is -2.33. The van der Waals surface area contributed by atoms with E-state index >= 15 is 0 Å². The lowest BCUT2D eigenvalue weighted by atomic mass is 9.97. The van der Waals surface area contributed by atoms with Gasteiger partial charge in [-0.15, -0.1) is 0 Å². The Hall–Kier alpha value is -3.41. The van der Waals surface area contributed by atoms with Gasteiger partial charge in [-0.1, -0.05) is 18.2 Å². The molecule has 2 aromatic carbocycles. The zero-order chi connectivity index (χ0) is 21.1. The number of nitrogens with two attached hydrogens (primary N) is 1. The van der Waals surface area contributed by atoms with Crippen molar-refractivity contribution in [2.45, 2.75) is 25.9 Å². The number of nitrogens with zero attached hydrogens (tertiary/aromatic N) is 2. The minimum Gasteiger partial charge on any atom is -0.454 e. The fourth-order valence-electron chi connectivity index (χ4n) is 3.86. The van der Waals surface area contributed by atoms with E-state index in [1.54, 1.807) is 18.3 Å². The van der Waals surface area contributed by atoms with Crippen LogP contribution in [0.3, 0.4) is 0 Å². The van der Waals surface area contributed by atoms with Crippen LogP contribution in [0, 0.1) is 5.92 Å². The number of carbonyl (C=O) groups is 2. The average Bonchev–Trinajstić information content (AvgIpc) is 2.78. The predicted octanol–water partition coefficient (Wildman–Crippen LogP) is 3.85. The van der Waals surface area contributed by atoms with Crippen LogP contribution in [-0.2, 0) is 9.53 Å². The van der Waals surface area contributed by atoms with Crippen molar-refractivity contribution in [3.8, 4) is 0 Å². The largest absolute Gasteiger partial charge is 0.454 e. The molecule has 3 aromatic rings. The molecule has 1 aliphatic heterocycles. The van der Waals surface area contributed by atoms with Gasteiger partial charge in [-0.05, 0) is 56.2 Å². The third kappa shape index (κ3) is 4.27. The fourth-order valence-corrected chi connectivity index (χ4v) is 3.86. The summed E-state index contributed by atoms with van der Waals surface area (Å²) in [6.07, 6.45) is 3.09. The highest BCUT2D eigenvalue weighted by molar-refractivity contribution is 5.90. The lowest BCUT2D eigenvalue weighted by molar-refractivity contribution is -0.122. The smallest absolute Gasteiger partial charge is 0.338 e. The highest BCUT2D eigenvalue weighted by Gasteiger charge is 2.24. The van der Waals surface area contributed by atoms with Gasteiger partial charge >= 0.3 is 5.97 Å². The maximum Gasteiger partial charge on any atom is 0.338 e. The molecule has 1 fully saturated rings. The quantitative estimate of drug-likeness (QED) is 0.654. The van der Waals surface area contributed by atoms with Crippen molar-refractivity contribution >= 4 is 28.5 Å². The lowest BCUT2D eigenvalue weighted by Crippen LogP contribution is -2.41. The molecule has 0 saturated carbocycles. The van der Waals surface area contributed by atoms with Crippen LogP contribution in [0.2, 0.25) is 0 Å². The Morgan fingerprint density at radius 2 is 1.93 bits per heavy atom. The van der Waals surface area contributed by atoms with Gasteiger partial charge in [0.2, 0.25) is 5.91 Å². The monoisotopic (exact) mass is 403 g/mol. The van der Waals surface area contributed by atoms with Gasteiger partial charge in [0.25, 0.3) is 0 Å².